The van der Waals surface area contributed by atoms with Gasteiger partial charge in [-0.15, -0.1) is 0 Å². The lowest BCUT2D eigenvalue weighted by molar-refractivity contribution is 0.558. The third-order valence-electron chi connectivity index (χ3n) is 2.80. The van der Waals surface area contributed by atoms with Gasteiger partial charge in [0.15, 0.2) is 6.07 Å². The maximum absolute atomic E-state index is 8.20. The molecule has 1 heteroatoms. The second kappa shape index (κ2) is 14.1. The van der Waals surface area contributed by atoms with E-state index in [1.54, 1.807) is 0 Å². The molecule has 0 saturated carbocycles. The summed E-state index contributed by atoms with van der Waals surface area (Å²) in [5, 5.41) is 8.20. The lowest BCUT2D eigenvalue weighted by Gasteiger charge is -2.00. The van der Waals surface area contributed by atoms with E-state index in [1.807, 2.05) is 6.07 Å². The Bertz CT molecular complexity index is 226. The second-order valence-corrected chi connectivity index (χ2v) is 4.35. The highest BCUT2D eigenvalue weighted by molar-refractivity contribution is 5.16. The van der Waals surface area contributed by atoms with E-state index in [9.17, 15) is 0 Å². The zero-order chi connectivity index (χ0) is 11.9. The number of nitriles is 1. The molecule has 0 aromatic carbocycles. The van der Waals surface area contributed by atoms with E-state index in [0.717, 1.165) is 12.8 Å². The van der Waals surface area contributed by atoms with Gasteiger partial charge in [-0.3, -0.25) is 0 Å². The van der Waals surface area contributed by atoms with E-state index in [2.05, 4.69) is 18.8 Å². The van der Waals surface area contributed by atoms with Crippen molar-refractivity contribution < 1.29 is 0 Å². The summed E-state index contributed by atoms with van der Waals surface area (Å²) < 4.78 is 0. The first kappa shape index (κ1) is 15.0. The van der Waals surface area contributed by atoms with Gasteiger partial charge in [-0.1, -0.05) is 70.6 Å². The quantitative estimate of drug-likeness (QED) is 0.381. The minimum atomic E-state index is 0.893. The summed E-state index contributed by atoms with van der Waals surface area (Å²) >= 11 is 0. The van der Waals surface area contributed by atoms with Gasteiger partial charge in [0.2, 0.25) is 0 Å². The van der Waals surface area contributed by atoms with Crippen LogP contribution >= 0.6 is 0 Å². The van der Waals surface area contributed by atoms with E-state index < -0.39 is 0 Å². The average Bonchev–Trinajstić information content (AvgIpc) is 2.31. The fourth-order valence-corrected chi connectivity index (χ4v) is 1.80. The summed E-state index contributed by atoms with van der Waals surface area (Å²) in [6.45, 7) is 2.26. The number of hydrogen-bond acceptors (Lipinski definition) is 1. The summed E-state index contributed by atoms with van der Waals surface area (Å²) in [6, 6.07) is 1.84. The number of hydrogen-bond donors (Lipinski definition) is 0. The molecule has 0 bridgehead atoms. The van der Waals surface area contributed by atoms with Crippen LogP contribution in [0.1, 0.15) is 77.6 Å². The van der Waals surface area contributed by atoms with Crippen LogP contribution in [0.15, 0.2) is 0 Å². The Hall–Kier alpha value is -0.950. The Kier molecular flexibility index (Phi) is 13.2. The molecule has 0 amide bonds. The molecule has 0 radical (unpaired) electrons. The van der Waals surface area contributed by atoms with Gasteiger partial charge in [0.1, 0.15) is 0 Å². The molecule has 0 atom stereocenters. The molecular weight excluding hydrogens is 194 g/mol. The molecule has 0 N–H and O–H groups in total. The second-order valence-electron chi connectivity index (χ2n) is 4.35. The van der Waals surface area contributed by atoms with Crippen LogP contribution in [0.2, 0.25) is 0 Å². The van der Waals surface area contributed by atoms with E-state index in [-0.39, 0.29) is 0 Å². The molecule has 0 fully saturated rings. The molecule has 0 saturated heterocycles. The van der Waals surface area contributed by atoms with Gasteiger partial charge in [0, 0.05) is 12.3 Å². The fourth-order valence-electron chi connectivity index (χ4n) is 1.80. The molecule has 0 aromatic rings. The third-order valence-corrected chi connectivity index (χ3v) is 2.80. The molecule has 90 valence electrons. The van der Waals surface area contributed by atoms with Crippen molar-refractivity contribution in [3.05, 3.63) is 0 Å². The number of rotatable bonds is 10. The molecule has 0 spiro atoms. The van der Waals surface area contributed by atoms with Gasteiger partial charge in [-0.2, -0.15) is 5.26 Å². The van der Waals surface area contributed by atoms with E-state index in [4.69, 9.17) is 5.26 Å². The summed E-state index contributed by atoms with van der Waals surface area (Å²) in [4.78, 5) is 0. The first-order valence-electron chi connectivity index (χ1n) is 6.78. The predicted molar refractivity (Wildman–Crippen MR) is 69.9 cm³/mol. The molecule has 16 heavy (non-hydrogen) atoms. The molecule has 1 nitrogen and oxygen atoms in total. The molecule has 0 aromatic heterocycles. The van der Waals surface area contributed by atoms with Crippen molar-refractivity contribution in [2.45, 2.75) is 77.6 Å². The van der Waals surface area contributed by atoms with Crippen molar-refractivity contribution in [2.24, 2.45) is 0 Å². The summed E-state index contributed by atoms with van der Waals surface area (Å²) in [5.41, 5.74) is 0. The van der Waals surface area contributed by atoms with E-state index in [1.165, 1.54) is 57.8 Å². The van der Waals surface area contributed by atoms with Crippen molar-refractivity contribution in [1.82, 2.24) is 0 Å². The zero-order valence-corrected chi connectivity index (χ0v) is 10.7. The van der Waals surface area contributed by atoms with Crippen molar-refractivity contribution in [1.29, 1.82) is 5.26 Å². The minimum absolute atomic E-state index is 0.893. The Morgan fingerprint density at radius 2 is 1.25 bits per heavy atom. The SMILES string of the molecule is CCCCCCCCCCCCC#CC#N. The monoisotopic (exact) mass is 219 g/mol. The van der Waals surface area contributed by atoms with Crippen LogP contribution in [0.25, 0.3) is 0 Å². The Balaban J connectivity index is 2.96. The third kappa shape index (κ3) is 13.1. The van der Waals surface area contributed by atoms with Gasteiger partial charge in [0.25, 0.3) is 0 Å². The van der Waals surface area contributed by atoms with Crippen LogP contribution in [0.3, 0.4) is 0 Å². The van der Waals surface area contributed by atoms with Crippen LogP contribution in [0.4, 0.5) is 0 Å². The minimum Gasteiger partial charge on any atom is -0.183 e. The molecule has 0 aliphatic heterocycles. The molecule has 0 rings (SSSR count). The van der Waals surface area contributed by atoms with Crippen molar-refractivity contribution >= 4 is 0 Å². The van der Waals surface area contributed by atoms with Crippen LogP contribution in [0, 0.1) is 23.2 Å². The van der Waals surface area contributed by atoms with Crippen LogP contribution < -0.4 is 0 Å². The first-order valence-corrected chi connectivity index (χ1v) is 6.78. The molecule has 0 aliphatic carbocycles. The van der Waals surface area contributed by atoms with Crippen molar-refractivity contribution in [2.75, 3.05) is 0 Å². The van der Waals surface area contributed by atoms with Crippen LogP contribution in [0.5, 0.6) is 0 Å². The summed E-state index contributed by atoms with van der Waals surface area (Å²) in [7, 11) is 0. The van der Waals surface area contributed by atoms with Gasteiger partial charge >= 0.3 is 0 Å². The van der Waals surface area contributed by atoms with Crippen molar-refractivity contribution in [3.63, 3.8) is 0 Å². The van der Waals surface area contributed by atoms with Crippen LogP contribution in [-0.4, -0.2) is 0 Å². The lowest BCUT2D eigenvalue weighted by atomic mass is 10.1. The number of nitrogens with zero attached hydrogens (tertiary/aromatic N) is 1. The molecule has 0 aliphatic rings. The largest absolute Gasteiger partial charge is 0.183 e. The average molecular weight is 219 g/mol. The van der Waals surface area contributed by atoms with Gasteiger partial charge in [-0.05, 0) is 6.42 Å². The zero-order valence-electron chi connectivity index (χ0n) is 10.7. The highest BCUT2D eigenvalue weighted by atomic mass is 14.2. The summed E-state index contributed by atoms with van der Waals surface area (Å²) in [5.74, 6) is 5.28. The summed E-state index contributed by atoms with van der Waals surface area (Å²) in [6.07, 6.45) is 14.4. The fraction of sp³-hybridized carbons (Fsp3) is 0.800. The smallest absolute Gasteiger partial charge is 0.152 e. The first-order chi connectivity index (χ1) is 7.91. The van der Waals surface area contributed by atoms with Gasteiger partial charge in [-0.25, -0.2) is 0 Å². The normalized spacial score (nSPS) is 9.25. The highest BCUT2D eigenvalue weighted by Crippen LogP contribution is 2.10. The predicted octanol–water partition coefficient (Wildman–Crippen LogP) is 4.82. The standard InChI is InChI=1S/C15H25N/c1-2-3-4-5-6-7-8-9-10-11-12-13-14-15-16/h2-12H2,1H3. The lowest BCUT2D eigenvalue weighted by Crippen LogP contribution is -1.81. The van der Waals surface area contributed by atoms with Gasteiger partial charge < -0.3 is 0 Å². The van der Waals surface area contributed by atoms with Gasteiger partial charge in [0.05, 0.1) is 0 Å². The maximum Gasteiger partial charge on any atom is 0.152 e. The van der Waals surface area contributed by atoms with E-state index >= 15 is 0 Å². The molecular formula is C15H25N. The Morgan fingerprint density at radius 1 is 0.750 bits per heavy atom. The molecule has 0 unspecified atom stereocenters. The highest BCUT2D eigenvalue weighted by Gasteiger charge is 1.91. The maximum atomic E-state index is 8.20. The Morgan fingerprint density at radius 3 is 1.75 bits per heavy atom. The van der Waals surface area contributed by atoms with Crippen LogP contribution in [-0.2, 0) is 0 Å². The molecule has 0 heterocycles. The van der Waals surface area contributed by atoms with E-state index in [0.29, 0.717) is 0 Å². The Labute approximate surface area is 101 Å². The topological polar surface area (TPSA) is 23.8 Å². The van der Waals surface area contributed by atoms with Crippen molar-refractivity contribution in [3.8, 4) is 17.9 Å². The number of unbranched alkanes of at least 4 members (excludes halogenated alkanes) is 10.